The van der Waals surface area contributed by atoms with Crippen LogP contribution in [0.1, 0.15) is 36.4 Å². The van der Waals surface area contributed by atoms with Crippen LogP contribution in [0, 0.1) is 0 Å². The minimum Gasteiger partial charge on any atom is -0.493 e. The van der Waals surface area contributed by atoms with Crippen LogP contribution in [0.5, 0.6) is 11.5 Å². The molecule has 5 rings (SSSR count). The van der Waals surface area contributed by atoms with E-state index in [0.29, 0.717) is 35.5 Å². The summed E-state index contributed by atoms with van der Waals surface area (Å²) < 4.78 is 13.3. The van der Waals surface area contributed by atoms with Crippen LogP contribution in [-0.4, -0.2) is 27.7 Å². The first-order valence-electron chi connectivity index (χ1n) is 10.1. The van der Waals surface area contributed by atoms with Crippen molar-refractivity contribution in [2.75, 3.05) is 12.4 Å². The van der Waals surface area contributed by atoms with Crippen molar-refractivity contribution in [1.82, 2.24) is 14.8 Å². The monoisotopic (exact) mass is 436 g/mol. The van der Waals surface area contributed by atoms with Crippen LogP contribution in [0.3, 0.4) is 0 Å². The lowest BCUT2D eigenvalue weighted by Gasteiger charge is -2.32. The molecule has 1 unspecified atom stereocenters. The van der Waals surface area contributed by atoms with Gasteiger partial charge in [0.15, 0.2) is 17.3 Å². The van der Waals surface area contributed by atoms with Gasteiger partial charge in [-0.2, -0.15) is 10.1 Å². The number of nitrogens with zero attached hydrogens (tertiary/aromatic N) is 3. The first kappa shape index (κ1) is 19.6. The van der Waals surface area contributed by atoms with Crippen molar-refractivity contribution in [1.29, 1.82) is 0 Å². The first-order valence-corrected chi connectivity index (χ1v) is 10.5. The Bertz CT molecular complexity index is 1190. The van der Waals surface area contributed by atoms with Crippen LogP contribution in [0.15, 0.2) is 60.1 Å². The number of anilines is 1. The fourth-order valence-electron chi connectivity index (χ4n) is 4.15. The Kier molecular flexibility index (Phi) is 5.11. The minimum absolute atomic E-state index is 0.137. The van der Waals surface area contributed by atoms with Crippen LogP contribution in [0.25, 0.3) is 0 Å². The van der Waals surface area contributed by atoms with Crippen LogP contribution < -0.4 is 14.8 Å². The van der Waals surface area contributed by atoms with Crippen LogP contribution >= 0.6 is 11.6 Å². The summed E-state index contributed by atoms with van der Waals surface area (Å²) in [4.78, 5) is 17.1. The van der Waals surface area contributed by atoms with Crippen molar-refractivity contribution in [2.45, 2.75) is 31.9 Å². The number of hydrogen-bond donors (Lipinski definition) is 1. The molecule has 8 heteroatoms. The molecule has 0 fully saturated rings. The van der Waals surface area contributed by atoms with E-state index in [1.807, 2.05) is 42.5 Å². The molecular weight excluding hydrogens is 416 g/mol. The number of hydrogen-bond acceptors (Lipinski definition) is 6. The van der Waals surface area contributed by atoms with Crippen LogP contribution in [0.4, 0.5) is 5.95 Å². The number of halogens is 1. The number of rotatable bonds is 5. The topological polar surface area (TPSA) is 78.3 Å². The highest BCUT2D eigenvalue weighted by atomic mass is 35.5. The number of fused-ring (bicyclic) bond motifs is 1. The predicted octanol–water partition coefficient (Wildman–Crippen LogP) is 4.54. The molecule has 1 aliphatic carbocycles. The molecule has 1 aliphatic heterocycles. The van der Waals surface area contributed by atoms with E-state index in [1.54, 1.807) is 11.8 Å². The molecule has 0 radical (unpaired) electrons. The summed E-state index contributed by atoms with van der Waals surface area (Å²) in [6.45, 7) is 0.323. The molecule has 1 N–H and O–H groups in total. The van der Waals surface area contributed by atoms with E-state index in [9.17, 15) is 4.79 Å². The maximum Gasteiger partial charge on any atom is 0.226 e. The second-order valence-corrected chi connectivity index (χ2v) is 7.92. The number of methoxy groups -OCH3 is 1. The Morgan fingerprint density at radius 2 is 2.06 bits per heavy atom. The summed E-state index contributed by atoms with van der Waals surface area (Å²) >= 11 is 6.24. The van der Waals surface area contributed by atoms with E-state index < -0.39 is 0 Å². The average molecular weight is 437 g/mol. The fourth-order valence-corrected chi connectivity index (χ4v) is 4.34. The van der Waals surface area contributed by atoms with Gasteiger partial charge in [-0.05, 0) is 36.6 Å². The quantitative estimate of drug-likeness (QED) is 0.632. The molecule has 3 aromatic rings. The number of nitrogens with one attached hydrogen (secondary N) is 1. The lowest BCUT2D eigenvalue weighted by Crippen LogP contribution is -2.31. The Balaban J connectivity index is 1.50. The van der Waals surface area contributed by atoms with Crippen molar-refractivity contribution in [3.63, 3.8) is 0 Å². The number of Topliss-reactive ketones (excluding diaryl/α,β-unsaturated/α-hetero) is 1. The Morgan fingerprint density at radius 1 is 1.19 bits per heavy atom. The third-order valence-electron chi connectivity index (χ3n) is 5.65. The SMILES string of the molecule is COc1cc(C2C3=C(CCCC3=O)Nc3ncnn32)ccc1OCc1ccccc1Cl. The molecule has 0 amide bonds. The van der Waals surface area contributed by atoms with E-state index in [-0.39, 0.29) is 11.8 Å². The van der Waals surface area contributed by atoms with Gasteiger partial charge >= 0.3 is 0 Å². The highest BCUT2D eigenvalue weighted by Gasteiger charge is 2.36. The van der Waals surface area contributed by atoms with Crippen LogP contribution in [0.2, 0.25) is 5.02 Å². The second kappa shape index (κ2) is 8.07. The van der Waals surface area contributed by atoms with Gasteiger partial charge in [-0.1, -0.05) is 35.9 Å². The number of benzene rings is 2. The lowest BCUT2D eigenvalue weighted by atomic mass is 9.85. The number of aromatic nitrogens is 3. The zero-order valence-corrected chi connectivity index (χ0v) is 17.7. The van der Waals surface area contributed by atoms with E-state index in [0.717, 1.165) is 35.2 Å². The molecule has 0 saturated heterocycles. The Labute approximate surface area is 184 Å². The highest BCUT2D eigenvalue weighted by molar-refractivity contribution is 6.31. The van der Waals surface area contributed by atoms with Gasteiger partial charge in [0, 0.05) is 28.3 Å². The molecule has 158 valence electrons. The average Bonchev–Trinajstić information content (AvgIpc) is 3.25. The van der Waals surface area contributed by atoms with Crippen molar-refractivity contribution < 1.29 is 14.3 Å². The zero-order valence-electron chi connectivity index (χ0n) is 17.0. The molecule has 1 aromatic heterocycles. The third kappa shape index (κ3) is 3.55. The van der Waals surface area contributed by atoms with Gasteiger partial charge in [-0.25, -0.2) is 4.68 Å². The third-order valence-corrected chi connectivity index (χ3v) is 6.02. The van der Waals surface area contributed by atoms with E-state index in [1.165, 1.54) is 6.33 Å². The number of carbonyl (C=O) groups excluding carboxylic acids is 1. The summed E-state index contributed by atoms with van der Waals surface area (Å²) in [5.41, 5.74) is 3.46. The Morgan fingerprint density at radius 3 is 2.90 bits per heavy atom. The standard InChI is InChI=1S/C23H21ClN4O3/c1-30-20-11-14(9-10-19(20)31-12-15-5-2-3-6-16(15)24)22-21-17(7-4-8-18(21)29)27-23-25-13-26-28(22)23/h2-3,5-6,9-11,13,22H,4,7-8,12H2,1H3,(H,25,26,27). The van der Waals surface area contributed by atoms with Crippen molar-refractivity contribution in [2.24, 2.45) is 0 Å². The maximum absolute atomic E-state index is 12.8. The zero-order chi connectivity index (χ0) is 21.4. The lowest BCUT2D eigenvalue weighted by molar-refractivity contribution is -0.116. The van der Waals surface area contributed by atoms with Gasteiger partial charge < -0.3 is 14.8 Å². The molecule has 1 atom stereocenters. The summed E-state index contributed by atoms with van der Waals surface area (Å²) in [7, 11) is 1.60. The first-order chi connectivity index (χ1) is 15.2. The molecule has 2 heterocycles. The van der Waals surface area contributed by atoms with Gasteiger partial charge in [-0.3, -0.25) is 4.79 Å². The summed E-state index contributed by atoms with van der Waals surface area (Å²) in [6.07, 6.45) is 3.69. The predicted molar refractivity (Wildman–Crippen MR) is 116 cm³/mol. The number of carbonyl (C=O) groups is 1. The Hall–Kier alpha value is -3.32. The van der Waals surface area contributed by atoms with E-state index in [4.69, 9.17) is 21.1 Å². The molecule has 31 heavy (non-hydrogen) atoms. The molecular formula is C23H21ClN4O3. The van der Waals surface area contributed by atoms with Crippen molar-refractivity contribution >= 4 is 23.3 Å². The number of allylic oxidation sites excluding steroid dienone is 2. The summed E-state index contributed by atoms with van der Waals surface area (Å²) in [5.74, 6) is 1.95. The molecule has 0 bridgehead atoms. The van der Waals surface area contributed by atoms with Gasteiger partial charge in [-0.15, -0.1) is 0 Å². The van der Waals surface area contributed by atoms with Crippen molar-refractivity contribution in [3.8, 4) is 11.5 Å². The molecule has 2 aliphatic rings. The van der Waals surface area contributed by atoms with E-state index in [2.05, 4.69) is 15.4 Å². The molecule has 2 aromatic carbocycles. The van der Waals surface area contributed by atoms with Gasteiger partial charge in [0.25, 0.3) is 0 Å². The van der Waals surface area contributed by atoms with Crippen LogP contribution in [-0.2, 0) is 11.4 Å². The summed E-state index contributed by atoms with van der Waals surface area (Å²) in [6, 6.07) is 12.9. The van der Waals surface area contributed by atoms with Gasteiger partial charge in [0.2, 0.25) is 5.95 Å². The highest BCUT2D eigenvalue weighted by Crippen LogP contribution is 2.41. The van der Waals surface area contributed by atoms with E-state index >= 15 is 0 Å². The van der Waals surface area contributed by atoms with Gasteiger partial charge in [0.1, 0.15) is 19.0 Å². The normalized spacial score (nSPS) is 17.6. The van der Waals surface area contributed by atoms with Gasteiger partial charge in [0.05, 0.1) is 7.11 Å². The molecule has 7 nitrogen and oxygen atoms in total. The van der Waals surface area contributed by atoms with Crippen molar-refractivity contribution in [3.05, 3.63) is 76.2 Å². The fraction of sp³-hybridized carbons (Fsp3) is 0.261. The molecule has 0 saturated carbocycles. The second-order valence-electron chi connectivity index (χ2n) is 7.52. The largest absolute Gasteiger partial charge is 0.493 e. The summed E-state index contributed by atoms with van der Waals surface area (Å²) in [5, 5.41) is 8.30. The number of ether oxygens (including phenoxy) is 2. The molecule has 0 spiro atoms. The number of ketones is 1. The smallest absolute Gasteiger partial charge is 0.226 e. The minimum atomic E-state index is -0.354. The maximum atomic E-state index is 12.8.